The largest absolute Gasteiger partial charge is 0.381 e. The molecule has 1 fully saturated rings. The van der Waals surface area contributed by atoms with Crippen LogP contribution in [0.25, 0.3) is 0 Å². The fraction of sp³-hybridized carbons (Fsp3) is 0.750. The summed E-state index contributed by atoms with van der Waals surface area (Å²) in [6.45, 7) is 9.41. The molecule has 2 rings (SSSR count). The number of ether oxygens (including phenoxy) is 1. The molecule has 0 spiro atoms. The highest BCUT2D eigenvalue weighted by atomic mass is 16.5. The molecule has 2 heterocycles. The van der Waals surface area contributed by atoms with Crippen LogP contribution in [0.3, 0.4) is 0 Å². The third-order valence-electron chi connectivity index (χ3n) is 3.66. The maximum absolute atomic E-state index is 12.4. The van der Waals surface area contributed by atoms with Crippen molar-refractivity contribution < 1.29 is 14.1 Å². The van der Waals surface area contributed by atoms with Gasteiger partial charge in [-0.2, -0.15) is 0 Å². The average Bonchev–Trinajstić information content (AvgIpc) is 3.07. The molecule has 0 radical (unpaired) electrons. The molecule has 0 bridgehead atoms. The van der Waals surface area contributed by atoms with E-state index in [1.165, 1.54) is 0 Å². The zero-order valence-corrected chi connectivity index (χ0v) is 13.3. The number of carbonyl (C=O) groups is 1. The quantitative estimate of drug-likeness (QED) is 0.726. The van der Waals surface area contributed by atoms with E-state index in [0.29, 0.717) is 17.6 Å². The maximum Gasteiger partial charge on any atom is 0.292 e. The average molecular weight is 294 g/mol. The normalized spacial score (nSPS) is 18.7. The summed E-state index contributed by atoms with van der Waals surface area (Å²) in [7, 11) is 0. The number of hydrogen-bond donors (Lipinski definition) is 0. The Kier molecular flexibility index (Phi) is 5.79. The van der Waals surface area contributed by atoms with Crippen molar-refractivity contribution in [1.29, 1.82) is 0 Å². The lowest BCUT2D eigenvalue weighted by molar-refractivity contribution is 0.0716. The second-order valence-corrected chi connectivity index (χ2v) is 6.26. The molecule has 0 aliphatic carbocycles. The minimum Gasteiger partial charge on any atom is -0.381 e. The molecule has 118 valence electrons. The van der Waals surface area contributed by atoms with E-state index in [4.69, 9.17) is 9.26 Å². The standard InChI is InChI=1S/C16H26N2O3/c1-4-7-20-11-13-5-6-18(10-13)16(19)15-9-14(17-21-15)8-12(2)3/h9,12-13H,4-8,10-11H2,1-3H3/t13-/m0/s1. The fourth-order valence-electron chi connectivity index (χ4n) is 2.63. The highest BCUT2D eigenvalue weighted by molar-refractivity contribution is 5.91. The highest BCUT2D eigenvalue weighted by Crippen LogP contribution is 2.20. The Morgan fingerprint density at radius 1 is 1.57 bits per heavy atom. The molecule has 1 amide bonds. The van der Waals surface area contributed by atoms with Crippen molar-refractivity contribution in [2.45, 2.75) is 40.0 Å². The molecule has 0 saturated carbocycles. The lowest BCUT2D eigenvalue weighted by Crippen LogP contribution is -2.29. The van der Waals surface area contributed by atoms with Crippen molar-refractivity contribution in [2.24, 2.45) is 11.8 Å². The lowest BCUT2D eigenvalue weighted by atomic mass is 10.1. The van der Waals surface area contributed by atoms with Crippen molar-refractivity contribution in [1.82, 2.24) is 10.1 Å². The topological polar surface area (TPSA) is 55.6 Å². The van der Waals surface area contributed by atoms with Crippen molar-refractivity contribution in [2.75, 3.05) is 26.3 Å². The van der Waals surface area contributed by atoms with Crippen LogP contribution in [-0.2, 0) is 11.2 Å². The molecular formula is C16H26N2O3. The fourth-order valence-corrected chi connectivity index (χ4v) is 2.63. The van der Waals surface area contributed by atoms with Gasteiger partial charge >= 0.3 is 0 Å². The summed E-state index contributed by atoms with van der Waals surface area (Å²) in [6, 6.07) is 1.78. The van der Waals surface area contributed by atoms with E-state index < -0.39 is 0 Å². The molecule has 1 aromatic rings. The summed E-state index contributed by atoms with van der Waals surface area (Å²) in [6.07, 6.45) is 2.87. The van der Waals surface area contributed by atoms with E-state index in [2.05, 4.69) is 25.9 Å². The molecule has 0 aromatic carbocycles. The summed E-state index contributed by atoms with van der Waals surface area (Å²) in [4.78, 5) is 14.2. The summed E-state index contributed by atoms with van der Waals surface area (Å²) >= 11 is 0. The van der Waals surface area contributed by atoms with Gasteiger partial charge in [0.1, 0.15) is 0 Å². The molecule has 1 saturated heterocycles. The van der Waals surface area contributed by atoms with Crippen LogP contribution in [0, 0.1) is 11.8 Å². The van der Waals surface area contributed by atoms with Gasteiger partial charge < -0.3 is 14.2 Å². The Hall–Kier alpha value is -1.36. The van der Waals surface area contributed by atoms with Crippen molar-refractivity contribution in [3.8, 4) is 0 Å². The number of likely N-dealkylation sites (tertiary alicyclic amines) is 1. The van der Waals surface area contributed by atoms with Crippen LogP contribution in [0.15, 0.2) is 10.6 Å². The molecule has 0 unspecified atom stereocenters. The predicted octanol–water partition coefficient (Wildman–Crippen LogP) is 2.76. The number of hydrogen-bond acceptors (Lipinski definition) is 4. The zero-order valence-electron chi connectivity index (χ0n) is 13.3. The minimum absolute atomic E-state index is 0.0458. The van der Waals surface area contributed by atoms with Crippen LogP contribution in [0.1, 0.15) is 49.9 Å². The van der Waals surface area contributed by atoms with E-state index in [1.54, 1.807) is 6.07 Å². The molecule has 21 heavy (non-hydrogen) atoms. The molecule has 1 aliphatic heterocycles. The maximum atomic E-state index is 12.4. The van der Waals surface area contributed by atoms with Gasteiger partial charge in [-0.05, 0) is 25.2 Å². The van der Waals surface area contributed by atoms with Crippen LogP contribution in [0.4, 0.5) is 0 Å². The Morgan fingerprint density at radius 2 is 2.38 bits per heavy atom. The number of amides is 1. The summed E-state index contributed by atoms with van der Waals surface area (Å²) < 4.78 is 10.8. The molecular weight excluding hydrogens is 268 g/mol. The monoisotopic (exact) mass is 294 g/mol. The molecule has 5 heteroatoms. The predicted molar refractivity (Wildman–Crippen MR) is 80.2 cm³/mol. The Balaban J connectivity index is 1.85. The first-order valence-corrected chi connectivity index (χ1v) is 7.92. The smallest absolute Gasteiger partial charge is 0.292 e. The number of carbonyl (C=O) groups excluding carboxylic acids is 1. The lowest BCUT2D eigenvalue weighted by Gasteiger charge is -2.14. The zero-order chi connectivity index (χ0) is 15.2. The molecule has 5 nitrogen and oxygen atoms in total. The van der Waals surface area contributed by atoms with E-state index in [1.807, 2.05) is 4.90 Å². The van der Waals surface area contributed by atoms with Crippen LogP contribution < -0.4 is 0 Å². The van der Waals surface area contributed by atoms with E-state index >= 15 is 0 Å². The molecule has 0 N–H and O–H groups in total. The van der Waals surface area contributed by atoms with Gasteiger partial charge in [0.2, 0.25) is 5.76 Å². The van der Waals surface area contributed by atoms with Crippen molar-refractivity contribution in [3.05, 3.63) is 17.5 Å². The summed E-state index contributed by atoms with van der Waals surface area (Å²) in [5.74, 6) is 1.26. The summed E-state index contributed by atoms with van der Waals surface area (Å²) in [5, 5.41) is 3.98. The number of aromatic nitrogens is 1. The van der Waals surface area contributed by atoms with Gasteiger partial charge in [0.25, 0.3) is 5.91 Å². The van der Waals surface area contributed by atoms with Crippen LogP contribution in [-0.4, -0.2) is 42.3 Å². The summed E-state index contributed by atoms with van der Waals surface area (Å²) in [5.41, 5.74) is 0.857. The van der Waals surface area contributed by atoms with Gasteiger partial charge in [-0.25, -0.2) is 0 Å². The van der Waals surface area contributed by atoms with Gasteiger partial charge in [-0.1, -0.05) is 25.9 Å². The van der Waals surface area contributed by atoms with E-state index in [0.717, 1.165) is 51.3 Å². The first-order valence-electron chi connectivity index (χ1n) is 7.92. The Morgan fingerprint density at radius 3 is 3.10 bits per heavy atom. The van der Waals surface area contributed by atoms with Crippen molar-refractivity contribution in [3.63, 3.8) is 0 Å². The SMILES string of the molecule is CCCOC[C@H]1CCN(C(=O)c2cc(CC(C)C)no2)C1. The molecule has 1 atom stereocenters. The van der Waals surface area contributed by atoms with Crippen LogP contribution in [0.2, 0.25) is 0 Å². The second-order valence-electron chi connectivity index (χ2n) is 6.26. The van der Waals surface area contributed by atoms with Gasteiger partial charge in [-0.3, -0.25) is 4.79 Å². The van der Waals surface area contributed by atoms with Crippen LogP contribution in [0.5, 0.6) is 0 Å². The molecule has 1 aromatic heterocycles. The second kappa shape index (κ2) is 7.59. The van der Waals surface area contributed by atoms with Gasteiger partial charge in [0, 0.05) is 31.7 Å². The Bertz CT molecular complexity index is 456. The third-order valence-corrected chi connectivity index (χ3v) is 3.66. The number of nitrogens with zero attached hydrogens (tertiary/aromatic N) is 2. The third kappa shape index (κ3) is 4.56. The van der Waals surface area contributed by atoms with Crippen LogP contribution >= 0.6 is 0 Å². The number of rotatable bonds is 7. The first-order chi connectivity index (χ1) is 10.1. The van der Waals surface area contributed by atoms with E-state index in [9.17, 15) is 4.79 Å². The van der Waals surface area contributed by atoms with Gasteiger partial charge in [0.05, 0.1) is 12.3 Å². The van der Waals surface area contributed by atoms with Gasteiger partial charge in [-0.15, -0.1) is 0 Å². The van der Waals surface area contributed by atoms with Crippen molar-refractivity contribution >= 4 is 5.91 Å². The Labute approximate surface area is 126 Å². The first kappa shape index (κ1) is 16.0. The minimum atomic E-state index is -0.0458. The van der Waals surface area contributed by atoms with Gasteiger partial charge in [0.15, 0.2) is 0 Å². The highest BCUT2D eigenvalue weighted by Gasteiger charge is 2.29. The molecule has 1 aliphatic rings. The van der Waals surface area contributed by atoms with E-state index in [-0.39, 0.29) is 5.91 Å².